The quantitative estimate of drug-likeness (QED) is 0.620. The molecule has 0 spiro atoms. The van der Waals surface area contributed by atoms with Crippen LogP contribution < -0.4 is 5.32 Å². The SMILES string of the molecule is COC(=O)CCCCNC(=O)c1n[nH]c2ccccc12. The Labute approximate surface area is 116 Å². The molecule has 20 heavy (non-hydrogen) atoms. The van der Waals surface area contributed by atoms with Crippen LogP contribution in [0.4, 0.5) is 0 Å². The number of H-pyrrole nitrogens is 1. The molecule has 2 aromatic rings. The van der Waals surface area contributed by atoms with Crippen LogP contribution in [0.3, 0.4) is 0 Å². The maximum absolute atomic E-state index is 12.0. The van der Waals surface area contributed by atoms with Gasteiger partial charge in [-0.05, 0) is 18.9 Å². The molecule has 0 aliphatic carbocycles. The summed E-state index contributed by atoms with van der Waals surface area (Å²) in [4.78, 5) is 22.9. The number of nitrogens with one attached hydrogen (secondary N) is 2. The Morgan fingerprint density at radius 1 is 1.30 bits per heavy atom. The summed E-state index contributed by atoms with van der Waals surface area (Å²) in [5.41, 5.74) is 1.23. The Bertz CT molecular complexity index is 606. The van der Waals surface area contributed by atoms with Gasteiger partial charge in [0.1, 0.15) is 0 Å². The molecule has 0 atom stereocenters. The number of unbranched alkanes of at least 4 members (excludes halogenated alkanes) is 1. The molecule has 6 heteroatoms. The number of nitrogens with zero attached hydrogens (tertiary/aromatic N) is 1. The summed E-state index contributed by atoms with van der Waals surface area (Å²) < 4.78 is 4.54. The molecule has 6 nitrogen and oxygen atoms in total. The van der Waals surface area contributed by atoms with Gasteiger partial charge in [-0.1, -0.05) is 18.2 Å². The maximum atomic E-state index is 12.0. The first-order valence-corrected chi connectivity index (χ1v) is 6.50. The highest BCUT2D eigenvalue weighted by Gasteiger charge is 2.12. The predicted octanol–water partition coefficient (Wildman–Crippen LogP) is 1.64. The number of ether oxygens (including phenoxy) is 1. The van der Waals surface area contributed by atoms with E-state index in [4.69, 9.17) is 0 Å². The van der Waals surface area contributed by atoms with Gasteiger partial charge in [-0.2, -0.15) is 5.10 Å². The molecule has 1 aromatic heterocycles. The van der Waals surface area contributed by atoms with Crippen molar-refractivity contribution in [2.24, 2.45) is 0 Å². The van der Waals surface area contributed by atoms with E-state index in [2.05, 4.69) is 20.3 Å². The van der Waals surface area contributed by atoms with Crippen LogP contribution in [0.1, 0.15) is 29.8 Å². The molecule has 0 bridgehead atoms. The molecule has 1 heterocycles. The lowest BCUT2D eigenvalue weighted by Crippen LogP contribution is -2.25. The normalized spacial score (nSPS) is 10.4. The Morgan fingerprint density at radius 3 is 2.90 bits per heavy atom. The molecule has 0 aliphatic heterocycles. The van der Waals surface area contributed by atoms with Crippen molar-refractivity contribution in [1.29, 1.82) is 0 Å². The average Bonchev–Trinajstić information content (AvgIpc) is 2.90. The molecule has 0 unspecified atom stereocenters. The molecular formula is C14H17N3O3. The first-order valence-electron chi connectivity index (χ1n) is 6.50. The molecular weight excluding hydrogens is 258 g/mol. The molecule has 0 fully saturated rings. The predicted molar refractivity (Wildman–Crippen MR) is 74.3 cm³/mol. The Kier molecular flexibility index (Phi) is 4.70. The number of aromatic nitrogens is 2. The fourth-order valence-corrected chi connectivity index (χ4v) is 1.92. The van der Waals surface area contributed by atoms with Crippen LogP contribution in [0.15, 0.2) is 24.3 Å². The van der Waals surface area contributed by atoms with E-state index in [1.807, 2.05) is 24.3 Å². The Morgan fingerprint density at radius 2 is 2.10 bits per heavy atom. The summed E-state index contributed by atoms with van der Waals surface area (Å²) in [5.74, 6) is -0.435. The zero-order chi connectivity index (χ0) is 14.4. The molecule has 1 aromatic carbocycles. The van der Waals surface area contributed by atoms with Crippen molar-refractivity contribution in [3.63, 3.8) is 0 Å². The third-order valence-electron chi connectivity index (χ3n) is 3.01. The highest BCUT2D eigenvalue weighted by Crippen LogP contribution is 2.14. The number of hydrogen-bond acceptors (Lipinski definition) is 4. The van der Waals surface area contributed by atoms with Crippen molar-refractivity contribution in [1.82, 2.24) is 15.5 Å². The van der Waals surface area contributed by atoms with Gasteiger partial charge in [0.25, 0.3) is 5.91 Å². The zero-order valence-electron chi connectivity index (χ0n) is 11.3. The molecule has 106 valence electrons. The highest BCUT2D eigenvalue weighted by atomic mass is 16.5. The first kappa shape index (κ1) is 14.0. The van der Waals surface area contributed by atoms with E-state index < -0.39 is 0 Å². The molecule has 0 saturated heterocycles. The lowest BCUT2D eigenvalue weighted by molar-refractivity contribution is -0.140. The summed E-state index contributed by atoms with van der Waals surface area (Å²) in [5, 5.41) is 10.4. The van der Waals surface area contributed by atoms with E-state index in [0.717, 1.165) is 17.3 Å². The van der Waals surface area contributed by atoms with Crippen LogP contribution in [0.2, 0.25) is 0 Å². The average molecular weight is 275 g/mol. The first-order chi connectivity index (χ1) is 9.72. The third-order valence-corrected chi connectivity index (χ3v) is 3.01. The fraction of sp³-hybridized carbons (Fsp3) is 0.357. The van der Waals surface area contributed by atoms with Crippen LogP contribution in [0.25, 0.3) is 10.9 Å². The van der Waals surface area contributed by atoms with E-state index >= 15 is 0 Å². The van der Waals surface area contributed by atoms with Crippen LogP contribution in [0, 0.1) is 0 Å². The number of para-hydroxylation sites is 1. The topological polar surface area (TPSA) is 84.1 Å². The molecule has 2 N–H and O–H groups in total. The second kappa shape index (κ2) is 6.70. The van der Waals surface area contributed by atoms with Gasteiger partial charge in [0.15, 0.2) is 5.69 Å². The van der Waals surface area contributed by atoms with Crippen molar-refractivity contribution in [3.8, 4) is 0 Å². The fourth-order valence-electron chi connectivity index (χ4n) is 1.92. The summed E-state index contributed by atoms with van der Waals surface area (Å²) >= 11 is 0. The minimum atomic E-state index is -0.227. The Balaban J connectivity index is 1.82. The lowest BCUT2D eigenvalue weighted by atomic mass is 10.2. The third kappa shape index (κ3) is 3.34. The van der Waals surface area contributed by atoms with Crippen LogP contribution >= 0.6 is 0 Å². The second-order valence-electron chi connectivity index (χ2n) is 4.41. The summed E-state index contributed by atoms with van der Waals surface area (Å²) in [6.07, 6.45) is 1.79. The van der Waals surface area contributed by atoms with Gasteiger partial charge < -0.3 is 10.1 Å². The second-order valence-corrected chi connectivity index (χ2v) is 4.41. The van der Waals surface area contributed by atoms with Crippen LogP contribution in [-0.2, 0) is 9.53 Å². The summed E-state index contributed by atoms with van der Waals surface area (Å²) in [6.45, 7) is 0.511. The zero-order valence-corrected chi connectivity index (χ0v) is 11.3. The van der Waals surface area contributed by atoms with Crippen LogP contribution in [0.5, 0.6) is 0 Å². The van der Waals surface area contributed by atoms with E-state index in [1.54, 1.807) is 0 Å². The number of carbonyl (C=O) groups excluding carboxylic acids is 2. The molecule has 0 saturated carbocycles. The van der Waals surface area contributed by atoms with Crippen molar-refractivity contribution < 1.29 is 14.3 Å². The van der Waals surface area contributed by atoms with Crippen LogP contribution in [-0.4, -0.2) is 35.7 Å². The minimum absolute atomic E-state index is 0.208. The van der Waals surface area contributed by atoms with Gasteiger partial charge in [-0.15, -0.1) is 0 Å². The lowest BCUT2D eigenvalue weighted by Gasteiger charge is -2.03. The molecule has 0 aliphatic rings. The smallest absolute Gasteiger partial charge is 0.305 e. The summed E-state index contributed by atoms with van der Waals surface area (Å²) in [7, 11) is 1.37. The van der Waals surface area contributed by atoms with Gasteiger partial charge in [-0.3, -0.25) is 14.7 Å². The van der Waals surface area contributed by atoms with Crippen molar-refractivity contribution in [3.05, 3.63) is 30.0 Å². The van der Waals surface area contributed by atoms with Gasteiger partial charge in [0, 0.05) is 18.4 Å². The van der Waals surface area contributed by atoms with Crippen molar-refractivity contribution in [2.45, 2.75) is 19.3 Å². The number of benzene rings is 1. The number of carbonyl (C=O) groups is 2. The maximum Gasteiger partial charge on any atom is 0.305 e. The monoisotopic (exact) mass is 275 g/mol. The highest BCUT2D eigenvalue weighted by molar-refractivity contribution is 6.04. The van der Waals surface area contributed by atoms with Gasteiger partial charge >= 0.3 is 5.97 Å². The number of hydrogen-bond donors (Lipinski definition) is 2. The number of esters is 1. The minimum Gasteiger partial charge on any atom is -0.469 e. The van der Waals surface area contributed by atoms with E-state index in [0.29, 0.717) is 25.1 Å². The Hall–Kier alpha value is -2.37. The van der Waals surface area contributed by atoms with E-state index in [-0.39, 0.29) is 11.9 Å². The van der Waals surface area contributed by atoms with Gasteiger partial charge in [0.2, 0.25) is 0 Å². The van der Waals surface area contributed by atoms with Crippen molar-refractivity contribution in [2.75, 3.05) is 13.7 Å². The molecule has 0 radical (unpaired) electrons. The van der Waals surface area contributed by atoms with E-state index in [9.17, 15) is 9.59 Å². The number of aromatic amines is 1. The van der Waals surface area contributed by atoms with Gasteiger partial charge in [-0.25, -0.2) is 0 Å². The largest absolute Gasteiger partial charge is 0.469 e. The summed E-state index contributed by atoms with van der Waals surface area (Å²) in [6, 6.07) is 7.47. The number of methoxy groups -OCH3 is 1. The van der Waals surface area contributed by atoms with Crippen molar-refractivity contribution >= 4 is 22.8 Å². The van der Waals surface area contributed by atoms with Gasteiger partial charge in [0.05, 0.1) is 12.6 Å². The molecule has 2 rings (SSSR count). The number of rotatable bonds is 6. The standard InChI is InChI=1S/C14H17N3O3/c1-20-12(18)8-4-5-9-15-14(19)13-10-6-2-3-7-11(10)16-17-13/h2-3,6-7H,4-5,8-9H2,1H3,(H,15,19)(H,16,17). The number of fused-ring (bicyclic) bond motifs is 1. The van der Waals surface area contributed by atoms with E-state index in [1.165, 1.54) is 7.11 Å². The number of amides is 1. The molecule has 1 amide bonds.